The summed E-state index contributed by atoms with van der Waals surface area (Å²) < 4.78 is 24.1. The largest absolute Gasteiger partial charge is 0.493 e. The number of alkyl carbamates (subject to hydrolysis) is 1. The topological polar surface area (TPSA) is 153 Å². The monoisotopic (exact) mass is 793 g/mol. The lowest BCUT2D eigenvalue weighted by molar-refractivity contribution is -0.132. The molecule has 5 atom stereocenters. The molecule has 4 amide bonds. The zero-order valence-electron chi connectivity index (χ0n) is 36.8. The van der Waals surface area contributed by atoms with E-state index in [0.29, 0.717) is 50.3 Å². The number of ether oxygens (including phenoxy) is 3. The highest BCUT2D eigenvalue weighted by Gasteiger charge is 2.43. The quantitative estimate of drug-likeness (QED) is 0.0658. The lowest BCUT2D eigenvalue weighted by Gasteiger charge is -2.43. The van der Waals surface area contributed by atoms with Crippen molar-refractivity contribution in [3.05, 3.63) is 29.8 Å². The van der Waals surface area contributed by atoms with Crippen LogP contribution in [-0.2, 0) is 23.5 Å². The van der Waals surface area contributed by atoms with Crippen molar-refractivity contribution in [2.24, 2.45) is 23.7 Å². The van der Waals surface area contributed by atoms with E-state index in [1.807, 2.05) is 53.7 Å². The average Bonchev–Trinajstić information content (AvgIpc) is 3.08. The van der Waals surface area contributed by atoms with E-state index in [0.717, 1.165) is 12.8 Å². The molecule has 0 saturated carbocycles. The Hall–Kier alpha value is -3.16. The van der Waals surface area contributed by atoms with Crippen LogP contribution in [0.15, 0.2) is 24.3 Å². The number of methoxy groups -OCH3 is 1. The third-order valence-electron chi connectivity index (χ3n) is 10.5. The van der Waals surface area contributed by atoms with E-state index in [-0.39, 0.29) is 40.5 Å². The Morgan fingerprint density at radius 2 is 1.45 bits per heavy atom. The van der Waals surface area contributed by atoms with Gasteiger partial charge in [-0.25, -0.2) is 4.79 Å². The van der Waals surface area contributed by atoms with Crippen LogP contribution in [0.25, 0.3) is 0 Å². The summed E-state index contributed by atoms with van der Waals surface area (Å²) in [6.45, 7) is 27.7. The van der Waals surface area contributed by atoms with Gasteiger partial charge in [-0.3, -0.25) is 14.4 Å². The molecular weight excluding hydrogens is 717 g/mol. The molecule has 55 heavy (non-hydrogen) atoms. The summed E-state index contributed by atoms with van der Waals surface area (Å²) in [7, 11) is 0.734. The smallest absolute Gasteiger partial charge is 0.407 e. The molecule has 0 aliphatic carbocycles. The number of unbranched alkanes of at least 4 members (excludes halogenated alkanes) is 1. The van der Waals surface area contributed by atoms with Crippen molar-refractivity contribution < 1.29 is 37.8 Å². The Bertz CT molecular complexity index is 1340. The molecule has 0 fully saturated rings. The molecular formula is C42H76N4O8Si. The van der Waals surface area contributed by atoms with Gasteiger partial charge in [0.25, 0.3) is 5.91 Å². The van der Waals surface area contributed by atoms with Gasteiger partial charge < -0.3 is 39.9 Å². The molecule has 0 spiro atoms. The summed E-state index contributed by atoms with van der Waals surface area (Å²) in [6, 6.07) is 5.96. The third-order valence-corrected chi connectivity index (χ3v) is 15.0. The molecule has 0 aliphatic heterocycles. The first-order valence-electron chi connectivity index (χ1n) is 20.2. The highest BCUT2D eigenvalue weighted by Crippen LogP contribution is 2.39. The second-order valence-corrected chi connectivity index (χ2v) is 22.6. The molecule has 4 N–H and O–H groups in total. The molecule has 0 aliphatic rings. The molecule has 316 valence electrons. The lowest BCUT2D eigenvalue weighted by Crippen LogP contribution is -2.55. The van der Waals surface area contributed by atoms with E-state index in [1.54, 1.807) is 26.3 Å². The highest BCUT2D eigenvalue weighted by atomic mass is 28.4. The summed E-state index contributed by atoms with van der Waals surface area (Å²) in [6.07, 6.45) is 1.67. The van der Waals surface area contributed by atoms with Crippen LogP contribution >= 0.6 is 0 Å². The third kappa shape index (κ3) is 17.7. The van der Waals surface area contributed by atoms with Gasteiger partial charge in [0.1, 0.15) is 17.4 Å². The van der Waals surface area contributed by atoms with Crippen molar-refractivity contribution in [1.29, 1.82) is 0 Å². The number of hydrogen-bond acceptors (Lipinski definition) is 8. The van der Waals surface area contributed by atoms with E-state index in [9.17, 15) is 19.2 Å². The highest BCUT2D eigenvalue weighted by molar-refractivity contribution is 6.74. The van der Waals surface area contributed by atoms with Gasteiger partial charge in [0.05, 0.1) is 24.3 Å². The number of hydrogen-bond donors (Lipinski definition) is 4. The summed E-state index contributed by atoms with van der Waals surface area (Å²) in [5.74, 6) is -0.844. The molecule has 1 aromatic rings. The fourth-order valence-electron chi connectivity index (χ4n) is 5.90. The molecule has 1 rings (SSSR count). The van der Waals surface area contributed by atoms with Gasteiger partial charge in [-0.1, -0.05) is 67.5 Å². The first-order valence-corrected chi connectivity index (χ1v) is 23.1. The Morgan fingerprint density at radius 3 is 1.98 bits per heavy atom. The van der Waals surface area contributed by atoms with Crippen LogP contribution in [0.5, 0.6) is 5.75 Å². The van der Waals surface area contributed by atoms with Crippen molar-refractivity contribution in [3.63, 3.8) is 0 Å². The molecule has 1 aromatic carbocycles. The zero-order chi connectivity index (χ0) is 42.1. The number of nitrogens with one attached hydrogen (secondary N) is 4. The average molecular weight is 793 g/mol. The molecule has 0 bridgehead atoms. The summed E-state index contributed by atoms with van der Waals surface area (Å²) >= 11 is 0. The van der Waals surface area contributed by atoms with E-state index >= 15 is 0 Å². The molecule has 0 heterocycles. The first kappa shape index (κ1) is 49.9. The molecule has 0 saturated heterocycles. The standard InChI is InChI=1S/C42H76N4O8Si/c1-16-33(39(49)43-12)45-38(48)32(29(4)5)26-36(54-55(14,15)42(9,10)11)34(46-40(50)53-41(6,7)8)25-30(28(2)3)27-44-37(47)31-21-17-18-22-35(31)52-24-20-19-23-51-13/h17-18,21-22,28-30,32-34,36H,16,19-20,23-27H2,1-15H3,(H,43,49)(H,44,47)(H,45,48)(H,46,50). The molecule has 13 heteroatoms. The predicted octanol–water partition coefficient (Wildman–Crippen LogP) is 7.47. The van der Waals surface area contributed by atoms with Gasteiger partial charge in [-0.15, -0.1) is 0 Å². The van der Waals surface area contributed by atoms with Crippen molar-refractivity contribution in [1.82, 2.24) is 21.3 Å². The Kier molecular flexibility index (Phi) is 21.0. The number of likely N-dealkylation sites (N-methyl/N-ethyl adjacent to an activating group) is 1. The Balaban J connectivity index is 3.60. The van der Waals surface area contributed by atoms with Crippen molar-refractivity contribution >= 4 is 32.1 Å². The van der Waals surface area contributed by atoms with Crippen LogP contribution in [-0.4, -0.2) is 89.8 Å². The normalized spacial score (nSPS) is 15.1. The summed E-state index contributed by atoms with van der Waals surface area (Å²) in [5.41, 5.74) is -0.294. The molecule has 0 aromatic heterocycles. The Morgan fingerprint density at radius 1 is 0.836 bits per heavy atom. The van der Waals surface area contributed by atoms with Crippen LogP contribution in [0.1, 0.15) is 119 Å². The van der Waals surface area contributed by atoms with Crippen molar-refractivity contribution in [3.8, 4) is 5.75 Å². The number of rotatable bonds is 23. The number of benzene rings is 1. The van der Waals surface area contributed by atoms with Crippen molar-refractivity contribution in [2.75, 3.05) is 33.9 Å². The van der Waals surface area contributed by atoms with E-state index < -0.39 is 44.1 Å². The van der Waals surface area contributed by atoms with Gasteiger partial charge in [0.15, 0.2) is 8.32 Å². The van der Waals surface area contributed by atoms with Gasteiger partial charge in [0.2, 0.25) is 11.8 Å². The van der Waals surface area contributed by atoms with Gasteiger partial charge >= 0.3 is 6.09 Å². The minimum absolute atomic E-state index is 0.0967. The lowest BCUT2D eigenvalue weighted by atomic mass is 9.82. The van der Waals surface area contributed by atoms with Crippen LogP contribution in [0.4, 0.5) is 4.79 Å². The zero-order valence-corrected chi connectivity index (χ0v) is 37.8. The minimum atomic E-state index is -2.49. The van der Waals surface area contributed by atoms with Crippen molar-refractivity contribution in [2.45, 2.75) is 150 Å². The SMILES string of the molecule is CCC(NC(=O)C(CC(O[Si](C)(C)C(C)(C)C)C(CC(CNC(=O)c1ccccc1OCCCCOC)C(C)C)NC(=O)OC(C)(C)C)C(C)C)C(=O)NC. The first-order chi connectivity index (χ1) is 25.5. The predicted molar refractivity (Wildman–Crippen MR) is 223 cm³/mol. The van der Waals surface area contributed by atoms with E-state index in [1.165, 1.54) is 0 Å². The van der Waals surface area contributed by atoms with Gasteiger partial charge in [0, 0.05) is 33.2 Å². The maximum absolute atomic E-state index is 14.0. The summed E-state index contributed by atoms with van der Waals surface area (Å²) in [4.78, 5) is 53.8. The number of para-hydroxylation sites is 1. The fraction of sp³-hybridized carbons (Fsp3) is 0.762. The van der Waals surface area contributed by atoms with E-state index in [4.69, 9.17) is 18.6 Å². The number of carbonyl (C=O) groups is 4. The summed E-state index contributed by atoms with van der Waals surface area (Å²) in [5, 5.41) is 11.7. The minimum Gasteiger partial charge on any atom is -0.493 e. The number of amides is 4. The maximum atomic E-state index is 14.0. The molecule has 0 radical (unpaired) electrons. The fourth-order valence-corrected chi connectivity index (χ4v) is 7.27. The second-order valence-electron chi connectivity index (χ2n) is 17.8. The second kappa shape index (κ2) is 23.2. The van der Waals surface area contributed by atoms with Crippen LogP contribution in [0.2, 0.25) is 18.1 Å². The van der Waals surface area contributed by atoms with Crippen LogP contribution < -0.4 is 26.0 Å². The van der Waals surface area contributed by atoms with E-state index in [2.05, 4.69) is 69.0 Å². The number of carbonyl (C=O) groups excluding carboxylic acids is 4. The molecule has 5 unspecified atom stereocenters. The van der Waals surface area contributed by atoms with Gasteiger partial charge in [-0.2, -0.15) is 0 Å². The molecule has 12 nitrogen and oxygen atoms in total. The van der Waals surface area contributed by atoms with Crippen LogP contribution in [0.3, 0.4) is 0 Å². The van der Waals surface area contributed by atoms with Gasteiger partial charge in [-0.05, 0) is 101 Å². The maximum Gasteiger partial charge on any atom is 0.407 e. The van der Waals surface area contributed by atoms with Crippen LogP contribution in [0, 0.1) is 23.7 Å². The Labute approximate surface area is 333 Å².